The lowest BCUT2D eigenvalue weighted by molar-refractivity contribution is 0.0689. The first-order chi connectivity index (χ1) is 7.66. The summed E-state index contributed by atoms with van der Waals surface area (Å²) in [6.07, 6.45) is 1.51. The first-order valence-corrected chi connectivity index (χ1v) is 5.05. The van der Waals surface area contributed by atoms with Crippen molar-refractivity contribution in [1.29, 1.82) is 0 Å². The molecule has 4 nitrogen and oxygen atoms in total. The molecule has 82 valence electrons. The van der Waals surface area contributed by atoms with E-state index in [1.165, 1.54) is 10.9 Å². The van der Waals surface area contributed by atoms with Crippen LogP contribution >= 0.6 is 11.6 Å². The van der Waals surface area contributed by atoms with Crippen LogP contribution in [-0.2, 0) is 6.54 Å². The van der Waals surface area contributed by atoms with Gasteiger partial charge in [-0.05, 0) is 5.56 Å². The highest BCUT2D eigenvalue weighted by Gasteiger charge is 2.13. The Hall–Kier alpha value is -1.81. The van der Waals surface area contributed by atoms with E-state index in [9.17, 15) is 4.79 Å². The van der Waals surface area contributed by atoms with Crippen molar-refractivity contribution in [2.75, 3.05) is 0 Å². The summed E-state index contributed by atoms with van der Waals surface area (Å²) in [7, 11) is 0. The molecule has 0 radical (unpaired) electrons. The van der Waals surface area contributed by atoms with Crippen LogP contribution in [0.4, 0.5) is 0 Å². The normalized spacial score (nSPS) is 10.3. The van der Waals surface area contributed by atoms with Crippen LogP contribution in [-0.4, -0.2) is 20.9 Å². The van der Waals surface area contributed by atoms with E-state index in [0.717, 1.165) is 5.56 Å². The number of nitrogens with zero attached hydrogens (tertiary/aromatic N) is 2. The SMILES string of the molecule is O=C(O)c1nn(Cc2ccccc2)cc1Cl. The summed E-state index contributed by atoms with van der Waals surface area (Å²) in [4.78, 5) is 10.7. The fourth-order valence-electron chi connectivity index (χ4n) is 1.39. The average Bonchev–Trinajstić information content (AvgIpc) is 2.61. The first kappa shape index (κ1) is 10.7. The summed E-state index contributed by atoms with van der Waals surface area (Å²) in [5, 5.41) is 12.8. The van der Waals surface area contributed by atoms with Crippen LogP contribution in [0, 0.1) is 0 Å². The number of carbonyl (C=O) groups is 1. The maximum absolute atomic E-state index is 10.7. The molecule has 0 aliphatic rings. The van der Waals surface area contributed by atoms with Crippen molar-refractivity contribution >= 4 is 17.6 Å². The van der Waals surface area contributed by atoms with Crippen molar-refractivity contribution in [1.82, 2.24) is 9.78 Å². The van der Waals surface area contributed by atoms with E-state index in [0.29, 0.717) is 6.54 Å². The summed E-state index contributed by atoms with van der Waals surface area (Å²) in [5.41, 5.74) is 0.927. The van der Waals surface area contributed by atoms with Crippen LogP contribution in [0.3, 0.4) is 0 Å². The highest BCUT2D eigenvalue weighted by Crippen LogP contribution is 2.14. The summed E-state index contributed by atoms with van der Waals surface area (Å²) >= 11 is 5.74. The minimum atomic E-state index is -1.11. The second kappa shape index (κ2) is 4.37. The summed E-state index contributed by atoms with van der Waals surface area (Å²) < 4.78 is 1.52. The lowest BCUT2D eigenvalue weighted by Crippen LogP contribution is -2.03. The van der Waals surface area contributed by atoms with Crippen molar-refractivity contribution in [3.8, 4) is 0 Å². The third-order valence-corrected chi connectivity index (χ3v) is 2.38. The lowest BCUT2D eigenvalue weighted by atomic mass is 10.2. The highest BCUT2D eigenvalue weighted by molar-refractivity contribution is 6.33. The van der Waals surface area contributed by atoms with E-state index < -0.39 is 5.97 Å². The van der Waals surface area contributed by atoms with Crippen molar-refractivity contribution in [2.24, 2.45) is 0 Å². The largest absolute Gasteiger partial charge is 0.476 e. The standard InChI is InChI=1S/C11H9ClN2O2/c12-9-7-14(13-10(9)11(15)16)6-8-4-2-1-3-5-8/h1-5,7H,6H2,(H,15,16). The molecule has 1 aromatic carbocycles. The zero-order valence-corrected chi connectivity index (χ0v) is 9.05. The molecular formula is C11H9ClN2O2. The van der Waals surface area contributed by atoms with Gasteiger partial charge >= 0.3 is 5.97 Å². The van der Waals surface area contributed by atoms with E-state index in [2.05, 4.69) is 5.10 Å². The van der Waals surface area contributed by atoms with Crippen molar-refractivity contribution in [3.05, 3.63) is 52.8 Å². The molecule has 0 amide bonds. The molecule has 0 fully saturated rings. The number of rotatable bonds is 3. The molecule has 0 aliphatic carbocycles. The van der Waals surface area contributed by atoms with Gasteiger partial charge < -0.3 is 5.11 Å². The van der Waals surface area contributed by atoms with Gasteiger partial charge in [0.1, 0.15) is 0 Å². The van der Waals surface area contributed by atoms with E-state index >= 15 is 0 Å². The van der Waals surface area contributed by atoms with Crippen LogP contribution < -0.4 is 0 Å². The summed E-state index contributed by atoms with van der Waals surface area (Å²) in [6.45, 7) is 0.508. The molecule has 0 unspecified atom stereocenters. The minimum absolute atomic E-state index is 0.113. The molecule has 0 saturated carbocycles. The number of carboxylic acids is 1. The topological polar surface area (TPSA) is 55.1 Å². The Bertz CT molecular complexity index is 508. The van der Waals surface area contributed by atoms with Crippen molar-refractivity contribution < 1.29 is 9.90 Å². The Labute approximate surface area is 97.1 Å². The average molecular weight is 237 g/mol. The third kappa shape index (κ3) is 2.23. The molecule has 0 saturated heterocycles. The monoisotopic (exact) mass is 236 g/mol. The molecule has 0 atom stereocenters. The molecule has 0 spiro atoms. The molecule has 0 bridgehead atoms. The number of hydrogen-bond donors (Lipinski definition) is 1. The Morgan fingerprint density at radius 1 is 1.38 bits per heavy atom. The molecule has 1 aromatic heterocycles. The van der Waals surface area contributed by atoms with Gasteiger partial charge in [0.05, 0.1) is 11.6 Å². The molecule has 2 aromatic rings. The smallest absolute Gasteiger partial charge is 0.357 e. The van der Waals surface area contributed by atoms with Gasteiger partial charge in [-0.1, -0.05) is 41.9 Å². The Morgan fingerprint density at radius 2 is 2.06 bits per heavy atom. The van der Waals surface area contributed by atoms with E-state index in [-0.39, 0.29) is 10.7 Å². The van der Waals surface area contributed by atoms with E-state index in [1.54, 1.807) is 0 Å². The third-order valence-electron chi connectivity index (χ3n) is 2.11. The highest BCUT2D eigenvalue weighted by atomic mass is 35.5. The van der Waals surface area contributed by atoms with Crippen LogP contribution in [0.15, 0.2) is 36.5 Å². The molecule has 1 heterocycles. The van der Waals surface area contributed by atoms with Crippen LogP contribution in [0.2, 0.25) is 5.02 Å². The molecule has 1 N–H and O–H groups in total. The van der Waals surface area contributed by atoms with E-state index in [1.807, 2.05) is 30.3 Å². The van der Waals surface area contributed by atoms with Crippen LogP contribution in [0.25, 0.3) is 0 Å². The molecule has 0 aliphatic heterocycles. The van der Waals surface area contributed by atoms with Gasteiger partial charge in [0.25, 0.3) is 0 Å². The zero-order chi connectivity index (χ0) is 11.5. The lowest BCUT2D eigenvalue weighted by Gasteiger charge is -2.00. The van der Waals surface area contributed by atoms with Gasteiger partial charge in [-0.2, -0.15) is 5.10 Å². The first-order valence-electron chi connectivity index (χ1n) is 4.67. The number of aromatic nitrogens is 2. The second-order valence-corrected chi connectivity index (χ2v) is 3.72. The summed E-state index contributed by atoms with van der Waals surface area (Å²) in [5.74, 6) is -1.11. The molecule has 5 heteroatoms. The fourth-order valence-corrected chi connectivity index (χ4v) is 1.62. The number of aromatic carboxylic acids is 1. The van der Waals surface area contributed by atoms with Gasteiger partial charge in [-0.15, -0.1) is 0 Å². The number of carboxylic acid groups (broad SMARTS) is 1. The van der Waals surface area contributed by atoms with Gasteiger partial charge in [-0.25, -0.2) is 4.79 Å². The molecule has 2 rings (SSSR count). The van der Waals surface area contributed by atoms with Gasteiger partial charge in [0, 0.05) is 6.20 Å². The van der Waals surface area contributed by atoms with Crippen LogP contribution in [0.5, 0.6) is 0 Å². The number of hydrogen-bond acceptors (Lipinski definition) is 2. The van der Waals surface area contributed by atoms with Gasteiger partial charge in [0.15, 0.2) is 5.69 Å². The minimum Gasteiger partial charge on any atom is -0.476 e. The van der Waals surface area contributed by atoms with E-state index in [4.69, 9.17) is 16.7 Å². The Kier molecular flexibility index (Phi) is 2.92. The molecular weight excluding hydrogens is 228 g/mol. The van der Waals surface area contributed by atoms with Crippen molar-refractivity contribution in [2.45, 2.75) is 6.54 Å². The second-order valence-electron chi connectivity index (χ2n) is 3.31. The maximum Gasteiger partial charge on any atom is 0.357 e. The van der Waals surface area contributed by atoms with Gasteiger partial charge in [-0.3, -0.25) is 4.68 Å². The van der Waals surface area contributed by atoms with Gasteiger partial charge in [0.2, 0.25) is 0 Å². The van der Waals surface area contributed by atoms with Crippen LogP contribution in [0.1, 0.15) is 16.1 Å². The Balaban J connectivity index is 2.23. The predicted molar refractivity (Wildman–Crippen MR) is 59.7 cm³/mol. The fraction of sp³-hybridized carbons (Fsp3) is 0.0909. The Morgan fingerprint density at radius 3 is 2.62 bits per heavy atom. The molecule has 16 heavy (non-hydrogen) atoms. The predicted octanol–water partition coefficient (Wildman–Crippen LogP) is 2.28. The van der Waals surface area contributed by atoms with Crippen molar-refractivity contribution in [3.63, 3.8) is 0 Å². The quantitative estimate of drug-likeness (QED) is 0.890. The number of benzene rings is 1. The summed E-state index contributed by atoms with van der Waals surface area (Å²) in [6, 6.07) is 9.63. The number of halogens is 1. The zero-order valence-electron chi connectivity index (χ0n) is 8.30. The maximum atomic E-state index is 10.7.